The lowest BCUT2D eigenvalue weighted by Gasteiger charge is -2.29. The highest BCUT2D eigenvalue weighted by atomic mass is 35.5. The second kappa shape index (κ2) is 7.00. The Hall–Kier alpha value is -1.46. The van der Waals surface area contributed by atoms with E-state index in [1.54, 1.807) is 18.2 Å². The van der Waals surface area contributed by atoms with E-state index in [4.69, 9.17) is 14.2 Å². The van der Waals surface area contributed by atoms with Crippen molar-refractivity contribution >= 4 is 18.4 Å². The van der Waals surface area contributed by atoms with Crippen LogP contribution < -0.4 is 9.47 Å². The molecule has 2 aliphatic heterocycles. The van der Waals surface area contributed by atoms with Gasteiger partial charge in [-0.05, 0) is 44.6 Å². The Morgan fingerprint density at radius 1 is 1.38 bits per heavy atom. The molecule has 1 aromatic rings. The first-order valence-electron chi connectivity index (χ1n) is 6.97. The summed E-state index contributed by atoms with van der Waals surface area (Å²) in [6.07, 6.45) is 2.29. The van der Waals surface area contributed by atoms with Gasteiger partial charge in [-0.25, -0.2) is 4.79 Å². The van der Waals surface area contributed by atoms with Crippen molar-refractivity contribution in [3.05, 3.63) is 23.8 Å². The number of fused-ring (bicyclic) bond motifs is 1. The summed E-state index contributed by atoms with van der Waals surface area (Å²) < 4.78 is 15.9. The molecule has 2 heterocycles. The summed E-state index contributed by atoms with van der Waals surface area (Å²) in [6, 6.07) is 5.13. The van der Waals surface area contributed by atoms with Gasteiger partial charge in [-0.1, -0.05) is 0 Å². The minimum absolute atomic E-state index is 0. The number of likely N-dealkylation sites (tertiary alicyclic amines) is 1. The van der Waals surface area contributed by atoms with E-state index in [0.29, 0.717) is 29.6 Å². The second-order valence-electron chi connectivity index (χ2n) is 5.44. The van der Waals surface area contributed by atoms with Crippen LogP contribution in [-0.2, 0) is 4.74 Å². The highest BCUT2D eigenvalue weighted by Crippen LogP contribution is 2.32. The van der Waals surface area contributed by atoms with Gasteiger partial charge in [-0.2, -0.15) is 0 Å². The number of carbonyl (C=O) groups excluding carboxylic acids is 1. The Balaban J connectivity index is 0.00000161. The van der Waals surface area contributed by atoms with Crippen molar-refractivity contribution < 1.29 is 19.0 Å². The maximum Gasteiger partial charge on any atom is 0.338 e. The molecule has 1 unspecified atom stereocenters. The fourth-order valence-corrected chi connectivity index (χ4v) is 2.71. The molecule has 0 bridgehead atoms. The lowest BCUT2D eigenvalue weighted by atomic mass is 9.99. The molecule has 21 heavy (non-hydrogen) atoms. The zero-order valence-electron chi connectivity index (χ0n) is 12.0. The third kappa shape index (κ3) is 3.80. The van der Waals surface area contributed by atoms with E-state index in [9.17, 15) is 4.79 Å². The number of benzene rings is 1. The van der Waals surface area contributed by atoms with Crippen LogP contribution in [0.2, 0.25) is 0 Å². The Bertz CT molecular complexity index is 508. The smallest absolute Gasteiger partial charge is 0.338 e. The van der Waals surface area contributed by atoms with Gasteiger partial charge >= 0.3 is 5.97 Å². The van der Waals surface area contributed by atoms with Crippen LogP contribution in [0.15, 0.2) is 18.2 Å². The molecule has 6 heteroatoms. The summed E-state index contributed by atoms with van der Waals surface area (Å²) in [7, 11) is 2.10. The highest BCUT2D eigenvalue weighted by Gasteiger charge is 2.20. The molecule has 0 saturated carbocycles. The first-order chi connectivity index (χ1) is 9.72. The molecule has 0 aromatic heterocycles. The monoisotopic (exact) mass is 313 g/mol. The van der Waals surface area contributed by atoms with Crippen molar-refractivity contribution in [2.75, 3.05) is 33.5 Å². The summed E-state index contributed by atoms with van der Waals surface area (Å²) in [5, 5.41) is 0. The molecule has 0 spiro atoms. The topological polar surface area (TPSA) is 48.0 Å². The number of hydrogen-bond acceptors (Lipinski definition) is 5. The van der Waals surface area contributed by atoms with Crippen molar-refractivity contribution in [1.29, 1.82) is 0 Å². The number of hydrogen-bond donors (Lipinski definition) is 0. The predicted octanol–water partition coefficient (Wildman–Crippen LogP) is 2.34. The van der Waals surface area contributed by atoms with Crippen molar-refractivity contribution in [1.82, 2.24) is 4.90 Å². The van der Waals surface area contributed by atoms with Gasteiger partial charge in [0, 0.05) is 12.5 Å². The van der Waals surface area contributed by atoms with Crippen molar-refractivity contribution in [3.8, 4) is 11.5 Å². The fraction of sp³-hybridized carbons (Fsp3) is 0.533. The van der Waals surface area contributed by atoms with Crippen molar-refractivity contribution in [2.45, 2.75) is 12.8 Å². The Labute approximate surface area is 130 Å². The minimum Gasteiger partial charge on any atom is -0.462 e. The first-order valence-corrected chi connectivity index (χ1v) is 6.97. The average molecular weight is 314 g/mol. The van der Waals surface area contributed by atoms with E-state index >= 15 is 0 Å². The van der Waals surface area contributed by atoms with Gasteiger partial charge in [-0.15, -0.1) is 12.4 Å². The van der Waals surface area contributed by atoms with Crippen LogP contribution in [0.3, 0.4) is 0 Å². The Morgan fingerprint density at radius 2 is 2.19 bits per heavy atom. The van der Waals surface area contributed by atoms with E-state index in [1.165, 1.54) is 6.42 Å². The molecular weight excluding hydrogens is 294 g/mol. The number of halogens is 1. The number of ether oxygens (including phenoxy) is 3. The maximum absolute atomic E-state index is 12.0. The average Bonchev–Trinajstić information content (AvgIpc) is 2.92. The molecule has 1 atom stereocenters. The highest BCUT2D eigenvalue weighted by molar-refractivity contribution is 5.90. The zero-order valence-corrected chi connectivity index (χ0v) is 12.9. The molecule has 3 rings (SSSR count). The van der Waals surface area contributed by atoms with E-state index in [2.05, 4.69) is 11.9 Å². The molecule has 0 amide bonds. The SMILES string of the molecule is CN1CCCC(COC(=O)c2ccc3c(c2)OCO3)C1.Cl. The molecule has 0 radical (unpaired) electrons. The molecule has 116 valence electrons. The second-order valence-corrected chi connectivity index (χ2v) is 5.44. The van der Waals surface area contributed by atoms with Gasteiger partial charge in [0.25, 0.3) is 0 Å². The number of carbonyl (C=O) groups is 1. The summed E-state index contributed by atoms with van der Waals surface area (Å²) in [6.45, 7) is 2.82. The third-order valence-electron chi connectivity index (χ3n) is 3.78. The molecule has 1 aromatic carbocycles. The summed E-state index contributed by atoms with van der Waals surface area (Å²) in [4.78, 5) is 14.3. The molecule has 0 N–H and O–H groups in total. The summed E-state index contributed by atoms with van der Waals surface area (Å²) in [5.74, 6) is 1.43. The number of nitrogens with zero attached hydrogens (tertiary/aromatic N) is 1. The quantitative estimate of drug-likeness (QED) is 0.802. The van der Waals surface area contributed by atoms with Crippen molar-refractivity contribution in [3.63, 3.8) is 0 Å². The van der Waals surface area contributed by atoms with E-state index in [-0.39, 0.29) is 25.2 Å². The van der Waals surface area contributed by atoms with Crippen LogP contribution in [0.25, 0.3) is 0 Å². The van der Waals surface area contributed by atoms with Crippen molar-refractivity contribution in [2.24, 2.45) is 5.92 Å². The third-order valence-corrected chi connectivity index (χ3v) is 3.78. The van der Waals surface area contributed by atoms with Crippen LogP contribution in [-0.4, -0.2) is 44.4 Å². The van der Waals surface area contributed by atoms with E-state index < -0.39 is 0 Å². The molecule has 1 fully saturated rings. The van der Waals surface area contributed by atoms with Crippen LogP contribution in [0, 0.1) is 5.92 Å². The van der Waals surface area contributed by atoms with Gasteiger partial charge in [0.05, 0.1) is 12.2 Å². The predicted molar refractivity (Wildman–Crippen MR) is 80.3 cm³/mol. The number of rotatable bonds is 3. The van der Waals surface area contributed by atoms with Gasteiger partial charge in [-0.3, -0.25) is 0 Å². The van der Waals surface area contributed by atoms with E-state index in [0.717, 1.165) is 19.5 Å². The standard InChI is InChI=1S/C15H19NO4.ClH/c1-16-6-2-3-11(8-16)9-18-15(17)12-4-5-13-14(7-12)20-10-19-13;/h4-5,7,11H,2-3,6,8-10H2,1H3;1H. The Kier molecular flexibility index (Phi) is 5.31. The molecule has 0 aliphatic carbocycles. The van der Waals surface area contributed by atoms with Crippen LogP contribution in [0.5, 0.6) is 11.5 Å². The fourth-order valence-electron chi connectivity index (χ4n) is 2.71. The number of esters is 1. The minimum atomic E-state index is -0.295. The van der Waals surface area contributed by atoms with Crippen LogP contribution in [0.4, 0.5) is 0 Å². The van der Waals surface area contributed by atoms with Crippen LogP contribution in [0.1, 0.15) is 23.2 Å². The van der Waals surface area contributed by atoms with Gasteiger partial charge < -0.3 is 19.1 Å². The first kappa shape index (κ1) is 15.9. The normalized spacial score (nSPS) is 20.7. The molecule has 2 aliphatic rings. The molecule has 1 saturated heterocycles. The molecule has 5 nitrogen and oxygen atoms in total. The van der Waals surface area contributed by atoms with Gasteiger partial charge in [0.2, 0.25) is 6.79 Å². The Morgan fingerprint density at radius 3 is 3.00 bits per heavy atom. The molecular formula is C15H20ClNO4. The number of piperidine rings is 1. The lowest BCUT2D eigenvalue weighted by molar-refractivity contribution is 0.0371. The van der Waals surface area contributed by atoms with Crippen LogP contribution >= 0.6 is 12.4 Å². The largest absolute Gasteiger partial charge is 0.462 e. The van der Waals surface area contributed by atoms with E-state index in [1.807, 2.05) is 0 Å². The van der Waals surface area contributed by atoms with Gasteiger partial charge in [0.15, 0.2) is 11.5 Å². The maximum atomic E-state index is 12.0. The zero-order chi connectivity index (χ0) is 13.9. The lowest BCUT2D eigenvalue weighted by Crippen LogP contribution is -2.34. The van der Waals surface area contributed by atoms with Gasteiger partial charge in [0.1, 0.15) is 0 Å². The summed E-state index contributed by atoms with van der Waals surface area (Å²) >= 11 is 0. The summed E-state index contributed by atoms with van der Waals surface area (Å²) in [5.41, 5.74) is 0.512.